The number of hydrogen-bond donors (Lipinski definition) is 1. The van der Waals surface area contributed by atoms with Gasteiger partial charge < -0.3 is 15.5 Å². The highest BCUT2D eigenvalue weighted by Crippen LogP contribution is 2.25. The lowest BCUT2D eigenvalue weighted by molar-refractivity contribution is 0.122. The van der Waals surface area contributed by atoms with Gasteiger partial charge in [0.2, 0.25) is 0 Å². The Balaban J connectivity index is 1.68. The van der Waals surface area contributed by atoms with Crippen molar-refractivity contribution in [2.45, 2.75) is 32.2 Å². The van der Waals surface area contributed by atoms with Gasteiger partial charge in [-0.2, -0.15) is 0 Å². The highest BCUT2D eigenvalue weighted by molar-refractivity contribution is 4.81. The lowest BCUT2D eigenvalue weighted by Crippen LogP contribution is -2.47. The van der Waals surface area contributed by atoms with Crippen LogP contribution in [0.5, 0.6) is 0 Å². The van der Waals surface area contributed by atoms with Crippen LogP contribution in [-0.2, 0) is 0 Å². The summed E-state index contributed by atoms with van der Waals surface area (Å²) in [5, 5.41) is 0. The first kappa shape index (κ1) is 11.4. The van der Waals surface area contributed by atoms with E-state index in [1.165, 1.54) is 58.5 Å². The van der Waals surface area contributed by atoms with Gasteiger partial charge in [0.05, 0.1) is 0 Å². The first-order chi connectivity index (χ1) is 7.28. The zero-order chi connectivity index (χ0) is 10.7. The molecule has 1 aliphatic carbocycles. The predicted octanol–water partition coefficient (Wildman–Crippen LogP) is 0.751. The molecule has 0 amide bonds. The fourth-order valence-electron chi connectivity index (χ4n) is 2.93. The van der Waals surface area contributed by atoms with Gasteiger partial charge in [-0.15, -0.1) is 0 Å². The molecule has 0 aromatic carbocycles. The lowest BCUT2D eigenvalue weighted by Gasteiger charge is -2.35. The van der Waals surface area contributed by atoms with Crippen LogP contribution >= 0.6 is 0 Å². The minimum Gasteiger partial charge on any atom is -0.328 e. The molecule has 1 saturated carbocycles. The zero-order valence-corrected chi connectivity index (χ0v) is 9.99. The molecule has 0 aromatic rings. The van der Waals surface area contributed by atoms with Gasteiger partial charge in [0.15, 0.2) is 0 Å². The Morgan fingerprint density at radius 2 is 1.73 bits per heavy atom. The molecule has 1 saturated heterocycles. The Labute approximate surface area is 93.6 Å². The van der Waals surface area contributed by atoms with E-state index in [0.29, 0.717) is 6.04 Å². The molecule has 2 N–H and O–H groups in total. The highest BCUT2D eigenvalue weighted by atomic mass is 15.3. The van der Waals surface area contributed by atoms with E-state index < -0.39 is 0 Å². The van der Waals surface area contributed by atoms with Gasteiger partial charge in [-0.1, -0.05) is 6.92 Å². The topological polar surface area (TPSA) is 32.5 Å². The van der Waals surface area contributed by atoms with Crippen LogP contribution in [0.25, 0.3) is 0 Å². The molecule has 2 atom stereocenters. The van der Waals surface area contributed by atoms with Crippen LogP contribution in [0, 0.1) is 5.92 Å². The summed E-state index contributed by atoms with van der Waals surface area (Å²) in [4.78, 5) is 5.17. The van der Waals surface area contributed by atoms with Gasteiger partial charge in [0.1, 0.15) is 0 Å². The van der Waals surface area contributed by atoms with Gasteiger partial charge in [-0.05, 0) is 31.7 Å². The summed E-state index contributed by atoms with van der Waals surface area (Å²) in [6, 6.07) is 0.493. The van der Waals surface area contributed by atoms with E-state index in [1.54, 1.807) is 0 Å². The molecule has 15 heavy (non-hydrogen) atoms. The first-order valence-corrected chi connectivity index (χ1v) is 6.48. The van der Waals surface area contributed by atoms with Crippen molar-refractivity contribution in [1.82, 2.24) is 9.80 Å². The smallest absolute Gasteiger partial charge is 0.0110 e. The minimum atomic E-state index is 0.493. The van der Waals surface area contributed by atoms with Crippen molar-refractivity contribution in [2.75, 3.05) is 39.3 Å². The maximum atomic E-state index is 5.95. The van der Waals surface area contributed by atoms with Crippen molar-refractivity contribution >= 4 is 0 Å². The molecule has 0 radical (unpaired) electrons. The second kappa shape index (κ2) is 5.28. The van der Waals surface area contributed by atoms with Crippen LogP contribution < -0.4 is 5.73 Å². The molecular weight excluding hydrogens is 186 g/mol. The van der Waals surface area contributed by atoms with E-state index in [2.05, 4.69) is 16.7 Å². The predicted molar refractivity (Wildman–Crippen MR) is 63.9 cm³/mol. The second-order valence-electron chi connectivity index (χ2n) is 5.17. The Morgan fingerprint density at radius 1 is 1.07 bits per heavy atom. The highest BCUT2D eigenvalue weighted by Gasteiger charge is 2.25. The normalized spacial score (nSPS) is 34.8. The molecule has 2 fully saturated rings. The Bertz CT molecular complexity index is 187. The molecule has 3 heteroatoms. The number of piperazine rings is 1. The van der Waals surface area contributed by atoms with Crippen molar-refractivity contribution in [3.05, 3.63) is 0 Å². The maximum absolute atomic E-state index is 5.95. The van der Waals surface area contributed by atoms with Crippen LogP contribution in [0.1, 0.15) is 26.2 Å². The number of hydrogen-bond acceptors (Lipinski definition) is 3. The number of rotatable bonds is 3. The van der Waals surface area contributed by atoms with E-state index in [1.807, 2.05) is 0 Å². The minimum absolute atomic E-state index is 0.493. The number of nitrogens with zero attached hydrogens (tertiary/aromatic N) is 2. The van der Waals surface area contributed by atoms with Crippen molar-refractivity contribution < 1.29 is 0 Å². The fourth-order valence-corrected chi connectivity index (χ4v) is 2.93. The Hall–Kier alpha value is -0.120. The van der Waals surface area contributed by atoms with Crippen LogP contribution in [-0.4, -0.2) is 55.1 Å². The SMILES string of the molecule is CCN1CCN(C[C@H]2CC[C@@H](N)C2)CC1. The average molecular weight is 211 g/mol. The molecule has 0 spiro atoms. The van der Waals surface area contributed by atoms with Crippen LogP contribution in [0.3, 0.4) is 0 Å². The zero-order valence-electron chi connectivity index (χ0n) is 9.99. The van der Waals surface area contributed by atoms with Gasteiger partial charge in [0.25, 0.3) is 0 Å². The van der Waals surface area contributed by atoms with E-state index in [-0.39, 0.29) is 0 Å². The van der Waals surface area contributed by atoms with Crippen LogP contribution in [0.2, 0.25) is 0 Å². The second-order valence-corrected chi connectivity index (χ2v) is 5.17. The first-order valence-electron chi connectivity index (χ1n) is 6.48. The Morgan fingerprint density at radius 3 is 2.27 bits per heavy atom. The molecule has 88 valence electrons. The van der Waals surface area contributed by atoms with Crippen molar-refractivity contribution in [3.8, 4) is 0 Å². The summed E-state index contributed by atoms with van der Waals surface area (Å²) in [6.45, 7) is 9.81. The lowest BCUT2D eigenvalue weighted by atomic mass is 10.1. The van der Waals surface area contributed by atoms with Crippen molar-refractivity contribution in [2.24, 2.45) is 11.7 Å². The monoisotopic (exact) mass is 211 g/mol. The number of likely N-dealkylation sites (N-methyl/N-ethyl adjacent to an activating group) is 1. The molecule has 2 rings (SSSR count). The molecule has 1 heterocycles. The fraction of sp³-hybridized carbons (Fsp3) is 1.00. The molecule has 0 unspecified atom stereocenters. The molecule has 3 nitrogen and oxygen atoms in total. The molecule has 0 bridgehead atoms. The third kappa shape index (κ3) is 3.16. The van der Waals surface area contributed by atoms with E-state index >= 15 is 0 Å². The van der Waals surface area contributed by atoms with E-state index in [4.69, 9.17) is 5.73 Å². The van der Waals surface area contributed by atoms with Gasteiger partial charge in [-0.25, -0.2) is 0 Å². The summed E-state index contributed by atoms with van der Waals surface area (Å²) in [5.41, 5.74) is 5.95. The van der Waals surface area contributed by atoms with Crippen LogP contribution in [0.4, 0.5) is 0 Å². The summed E-state index contributed by atoms with van der Waals surface area (Å²) in [5.74, 6) is 0.883. The Kier molecular flexibility index (Phi) is 4.00. The molecular formula is C12H25N3. The summed E-state index contributed by atoms with van der Waals surface area (Å²) >= 11 is 0. The summed E-state index contributed by atoms with van der Waals surface area (Å²) < 4.78 is 0. The molecule has 0 aromatic heterocycles. The molecule has 1 aliphatic heterocycles. The maximum Gasteiger partial charge on any atom is 0.0110 e. The average Bonchev–Trinajstić information content (AvgIpc) is 2.65. The van der Waals surface area contributed by atoms with Crippen molar-refractivity contribution in [3.63, 3.8) is 0 Å². The van der Waals surface area contributed by atoms with Gasteiger partial charge in [0, 0.05) is 38.8 Å². The molecule has 2 aliphatic rings. The third-order valence-corrected chi connectivity index (χ3v) is 4.01. The van der Waals surface area contributed by atoms with E-state index in [0.717, 1.165) is 5.92 Å². The van der Waals surface area contributed by atoms with Crippen molar-refractivity contribution in [1.29, 1.82) is 0 Å². The summed E-state index contributed by atoms with van der Waals surface area (Å²) in [6.07, 6.45) is 3.86. The largest absolute Gasteiger partial charge is 0.328 e. The van der Waals surface area contributed by atoms with Gasteiger partial charge >= 0.3 is 0 Å². The quantitative estimate of drug-likeness (QED) is 0.748. The third-order valence-electron chi connectivity index (χ3n) is 4.01. The standard InChI is InChI=1S/C12H25N3/c1-2-14-5-7-15(8-6-14)10-11-3-4-12(13)9-11/h11-12H,2-10,13H2,1H3/t11-,12+/m0/s1. The summed E-state index contributed by atoms with van der Waals surface area (Å²) in [7, 11) is 0. The van der Waals surface area contributed by atoms with E-state index in [9.17, 15) is 0 Å². The van der Waals surface area contributed by atoms with Gasteiger partial charge in [-0.3, -0.25) is 0 Å². The number of nitrogens with two attached hydrogens (primary N) is 1. The van der Waals surface area contributed by atoms with Crippen LogP contribution in [0.15, 0.2) is 0 Å².